The van der Waals surface area contributed by atoms with Crippen LogP contribution in [0.25, 0.3) is 10.4 Å². The Morgan fingerprint density at radius 3 is 2.37 bits per heavy atom. The van der Waals surface area contributed by atoms with Crippen molar-refractivity contribution in [2.24, 2.45) is 0 Å². The molecule has 2 aromatic carbocycles. The van der Waals surface area contributed by atoms with Crippen LogP contribution in [0.15, 0.2) is 60.7 Å². The van der Waals surface area contributed by atoms with E-state index in [2.05, 4.69) is 16.2 Å². The lowest BCUT2D eigenvalue weighted by Gasteiger charge is -2.08. The maximum Gasteiger partial charge on any atom is 0.279 e. The molecule has 154 valence electrons. The zero-order valence-electron chi connectivity index (χ0n) is 16.2. The molecule has 0 aliphatic carbocycles. The predicted molar refractivity (Wildman–Crippen MR) is 113 cm³/mol. The Morgan fingerprint density at radius 2 is 1.63 bits per heavy atom. The van der Waals surface area contributed by atoms with Crippen LogP contribution in [0.2, 0.25) is 0 Å². The molecule has 3 amide bonds. The monoisotopic (exact) mass is 425 g/mol. The first-order valence-corrected chi connectivity index (χ1v) is 10.0. The Morgan fingerprint density at radius 1 is 0.900 bits per heavy atom. The van der Waals surface area contributed by atoms with Gasteiger partial charge in [0, 0.05) is 23.4 Å². The lowest BCUT2D eigenvalue weighted by molar-refractivity contribution is -0.121. The molecule has 3 N–H and O–H groups in total. The molecule has 0 aliphatic rings. The summed E-state index contributed by atoms with van der Waals surface area (Å²) in [6.07, 6.45) is 0.0170. The van der Waals surface area contributed by atoms with Gasteiger partial charge in [0.15, 0.2) is 0 Å². The molecule has 0 saturated carbocycles. The topological polar surface area (TPSA) is 87.3 Å². The van der Waals surface area contributed by atoms with Crippen LogP contribution < -0.4 is 16.2 Å². The van der Waals surface area contributed by atoms with E-state index in [1.165, 1.54) is 23.5 Å². The number of benzene rings is 2. The number of hydrogen-bond donors (Lipinski definition) is 3. The molecule has 0 spiro atoms. The first kappa shape index (κ1) is 21.2. The number of hydrazine groups is 1. The molecule has 0 bridgehead atoms. The van der Waals surface area contributed by atoms with Crippen molar-refractivity contribution < 1.29 is 18.8 Å². The van der Waals surface area contributed by atoms with Crippen LogP contribution in [0, 0.1) is 12.7 Å². The first-order valence-electron chi connectivity index (χ1n) is 9.23. The number of aryl methyl sites for hydroxylation is 1. The number of carbonyl (C=O) groups excluding carboxylic acids is 3. The van der Waals surface area contributed by atoms with Gasteiger partial charge in [-0.2, -0.15) is 0 Å². The smallest absolute Gasteiger partial charge is 0.279 e. The Kier molecular flexibility index (Phi) is 6.92. The molecule has 0 unspecified atom stereocenters. The highest BCUT2D eigenvalue weighted by molar-refractivity contribution is 7.17. The lowest BCUT2D eigenvalue weighted by atomic mass is 10.1. The normalized spacial score (nSPS) is 10.3. The maximum atomic E-state index is 13.0. The minimum Gasteiger partial charge on any atom is -0.352 e. The van der Waals surface area contributed by atoms with Crippen molar-refractivity contribution in [2.45, 2.75) is 13.3 Å². The number of amides is 3. The van der Waals surface area contributed by atoms with E-state index in [-0.39, 0.29) is 24.7 Å². The fourth-order valence-electron chi connectivity index (χ4n) is 2.69. The number of nitrogens with one attached hydrogen (secondary N) is 3. The van der Waals surface area contributed by atoms with E-state index in [1.807, 2.05) is 19.1 Å². The highest BCUT2D eigenvalue weighted by atomic mass is 32.1. The molecule has 30 heavy (non-hydrogen) atoms. The van der Waals surface area contributed by atoms with Crippen LogP contribution in [-0.2, 0) is 4.79 Å². The minimum atomic E-state index is -0.453. The van der Waals surface area contributed by atoms with E-state index in [4.69, 9.17) is 0 Å². The summed E-state index contributed by atoms with van der Waals surface area (Å²) >= 11 is 1.23. The Labute approximate surface area is 177 Å². The third-order valence-corrected chi connectivity index (χ3v) is 5.43. The van der Waals surface area contributed by atoms with Gasteiger partial charge in [-0.15, -0.1) is 11.3 Å². The number of rotatable bonds is 6. The van der Waals surface area contributed by atoms with Gasteiger partial charge in [0.1, 0.15) is 5.82 Å². The van der Waals surface area contributed by atoms with Crippen LogP contribution in [0.4, 0.5) is 4.39 Å². The second-order valence-electron chi connectivity index (χ2n) is 6.49. The van der Waals surface area contributed by atoms with Gasteiger partial charge < -0.3 is 5.32 Å². The quantitative estimate of drug-likeness (QED) is 0.529. The van der Waals surface area contributed by atoms with Crippen LogP contribution in [0.1, 0.15) is 32.0 Å². The fraction of sp³-hybridized carbons (Fsp3) is 0.136. The van der Waals surface area contributed by atoms with Crippen LogP contribution in [0.5, 0.6) is 0 Å². The zero-order valence-corrected chi connectivity index (χ0v) is 17.0. The second-order valence-corrected chi connectivity index (χ2v) is 7.58. The molecule has 1 aromatic heterocycles. The Bertz CT molecular complexity index is 1060. The average molecular weight is 425 g/mol. The minimum absolute atomic E-state index is 0.0170. The summed E-state index contributed by atoms with van der Waals surface area (Å²) in [6.45, 7) is 1.98. The molecule has 0 saturated heterocycles. The van der Waals surface area contributed by atoms with Crippen LogP contribution in [-0.4, -0.2) is 24.3 Å². The molecule has 6 nitrogen and oxygen atoms in total. The summed E-state index contributed by atoms with van der Waals surface area (Å²) in [7, 11) is 0. The largest absolute Gasteiger partial charge is 0.352 e. The van der Waals surface area contributed by atoms with Crippen molar-refractivity contribution in [1.29, 1.82) is 0 Å². The molecular weight excluding hydrogens is 405 g/mol. The Hall–Kier alpha value is -3.52. The molecular formula is C22H20FN3O3S. The summed E-state index contributed by atoms with van der Waals surface area (Å²) in [5, 5.41) is 2.68. The predicted octanol–water partition coefficient (Wildman–Crippen LogP) is 3.44. The third kappa shape index (κ3) is 5.51. The van der Waals surface area contributed by atoms with Crippen LogP contribution >= 0.6 is 11.3 Å². The van der Waals surface area contributed by atoms with Gasteiger partial charge in [-0.1, -0.05) is 30.3 Å². The number of thiophene rings is 1. The summed E-state index contributed by atoms with van der Waals surface area (Å²) in [6, 6.07) is 16.5. The van der Waals surface area contributed by atoms with E-state index in [9.17, 15) is 18.8 Å². The molecule has 3 aromatic rings. The van der Waals surface area contributed by atoms with E-state index in [0.717, 1.165) is 16.0 Å². The average Bonchev–Trinajstić information content (AvgIpc) is 3.23. The summed E-state index contributed by atoms with van der Waals surface area (Å²) in [5.41, 5.74) is 6.89. The number of carbonyl (C=O) groups is 3. The maximum absolute atomic E-state index is 13.0. The summed E-state index contributed by atoms with van der Waals surface area (Å²) in [5.74, 6) is -1.46. The molecule has 0 radical (unpaired) electrons. The van der Waals surface area contributed by atoms with Crippen LogP contribution in [0.3, 0.4) is 0 Å². The van der Waals surface area contributed by atoms with Crippen molar-refractivity contribution in [3.05, 3.63) is 82.5 Å². The zero-order chi connectivity index (χ0) is 21.5. The standard InChI is InChI=1S/C22H20FN3O3S/c1-14-4-2-3-5-17(14)21(28)24-13-12-20(27)25-26-22(29)19-11-10-18(30-19)15-6-8-16(23)9-7-15/h2-11H,12-13H2,1H3,(H,24,28)(H,25,27)(H,26,29). The van der Waals surface area contributed by atoms with Crippen molar-refractivity contribution in [2.75, 3.05) is 6.54 Å². The van der Waals surface area contributed by atoms with Gasteiger partial charge in [-0.3, -0.25) is 25.2 Å². The van der Waals surface area contributed by atoms with E-state index in [0.29, 0.717) is 10.4 Å². The molecule has 3 rings (SSSR count). The van der Waals surface area contributed by atoms with E-state index >= 15 is 0 Å². The second kappa shape index (κ2) is 9.80. The number of hydrogen-bond acceptors (Lipinski definition) is 4. The molecule has 0 atom stereocenters. The summed E-state index contributed by atoms with van der Waals surface area (Å²) in [4.78, 5) is 37.4. The molecule has 0 fully saturated rings. The Balaban J connectivity index is 1.43. The van der Waals surface area contributed by atoms with Crippen molar-refractivity contribution in [1.82, 2.24) is 16.2 Å². The number of halogens is 1. The molecule has 1 heterocycles. The SMILES string of the molecule is Cc1ccccc1C(=O)NCCC(=O)NNC(=O)c1ccc(-c2ccc(F)cc2)s1. The van der Waals surface area contributed by atoms with Gasteiger partial charge in [0.05, 0.1) is 4.88 Å². The van der Waals surface area contributed by atoms with Crippen molar-refractivity contribution in [3.8, 4) is 10.4 Å². The van der Waals surface area contributed by atoms with Gasteiger partial charge in [-0.05, 0) is 48.4 Å². The van der Waals surface area contributed by atoms with Gasteiger partial charge >= 0.3 is 0 Å². The summed E-state index contributed by atoms with van der Waals surface area (Å²) < 4.78 is 13.0. The van der Waals surface area contributed by atoms with E-state index in [1.54, 1.807) is 36.4 Å². The van der Waals surface area contributed by atoms with Gasteiger partial charge in [0.2, 0.25) is 5.91 Å². The van der Waals surface area contributed by atoms with Crippen molar-refractivity contribution in [3.63, 3.8) is 0 Å². The van der Waals surface area contributed by atoms with Gasteiger partial charge in [0.25, 0.3) is 11.8 Å². The lowest BCUT2D eigenvalue weighted by Crippen LogP contribution is -2.42. The highest BCUT2D eigenvalue weighted by Gasteiger charge is 2.12. The van der Waals surface area contributed by atoms with Crippen molar-refractivity contribution >= 4 is 29.1 Å². The molecule has 8 heteroatoms. The molecule has 0 aliphatic heterocycles. The first-order chi connectivity index (χ1) is 14.4. The highest BCUT2D eigenvalue weighted by Crippen LogP contribution is 2.28. The third-order valence-electron chi connectivity index (χ3n) is 4.30. The fourth-order valence-corrected chi connectivity index (χ4v) is 3.60. The van der Waals surface area contributed by atoms with Gasteiger partial charge in [-0.25, -0.2) is 4.39 Å². The van der Waals surface area contributed by atoms with E-state index < -0.39 is 11.8 Å².